The maximum absolute atomic E-state index is 12.0. The van der Waals surface area contributed by atoms with Gasteiger partial charge in [0.15, 0.2) is 17.6 Å². The second-order valence-corrected chi connectivity index (χ2v) is 6.25. The van der Waals surface area contributed by atoms with Crippen molar-refractivity contribution in [2.45, 2.75) is 32.8 Å². The molecule has 2 aromatic rings. The summed E-state index contributed by atoms with van der Waals surface area (Å²) in [5.74, 6) is 0.673. The van der Waals surface area contributed by atoms with E-state index in [-0.39, 0.29) is 6.42 Å². The monoisotopic (exact) mass is 406 g/mol. The van der Waals surface area contributed by atoms with Crippen molar-refractivity contribution >= 4 is 29.3 Å². The number of nitrogens with one attached hydrogen (secondary N) is 1. The lowest BCUT2D eigenvalue weighted by Gasteiger charge is -2.14. The van der Waals surface area contributed by atoms with E-state index in [1.807, 2.05) is 25.1 Å². The van der Waals surface area contributed by atoms with Gasteiger partial charge < -0.3 is 19.5 Å². The fraction of sp³-hybridized carbons (Fsp3) is 0.350. The maximum atomic E-state index is 12.0. The van der Waals surface area contributed by atoms with E-state index in [2.05, 4.69) is 10.3 Å². The third kappa shape index (κ3) is 7.08. The summed E-state index contributed by atoms with van der Waals surface area (Å²) in [5, 5.41) is 3.02. The Kier molecular flexibility index (Phi) is 8.55. The third-order valence-electron chi connectivity index (χ3n) is 3.59. The number of hydrogen-bond acceptors (Lipinski definition) is 6. The van der Waals surface area contributed by atoms with Gasteiger partial charge in [0.1, 0.15) is 5.82 Å². The second kappa shape index (κ2) is 11.1. The Balaban J connectivity index is 1.70. The van der Waals surface area contributed by atoms with E-state index in [9.17, 15) is 9.59 Å². The van der Waals surface area contributed by atoms with Gasteiger partial charge >= 0.3 is 5.97 Å². The number of para-hydroxylation sites is 2. The first-order valence-corrected chi connectivity index (χ1v) is 9.34. The number of ether oxygens (including phenoxy) is 3. The molecule has 150 valence electrons. The quantitative estimate of drug-likeness (QED) is 0.476. The number of rotatable bonds is 10. The van der Waals surface area contributed by atoms with E-state index < -0.39 is 18.0 Å². The van der Waals surface area contributed by atoms with Gasteiger partial charge in [-0.05, 0) is 44.5 Å². The van der Waals surface area contributed by atoms with E-state index in [1.54, 1.807) is 18.2 Å². The molecule has 2 rings (SSSR count). The summed E-state index contributed by atoms with van der Waals surface area (Å²) in [4.78, 5) is 27.9. The zero-order chi connectivity index (χ0) is 20.4. The van der Waals surface area contributed by atoms with Gasteiger partial charge in [0.25, 0.3) is 5.91 Å². The molecule has 1 amide bonds. The van der Waals surface area contributed by atoms with Crippen molar-refractivity contribution < 1.29 is 23.8 Å². The Labute approximate surface area is 169 Å². The molecular weight excluding hydrogens is 384 g/mol. The zero-order valence-corrected chi connectivity index (χ0v) is 16.6. The number of anilines is 1. The molecule has 1 aromatic heterocycles. The Hall–Kier alpha value is -2.80. The van der Waals surface area contributed by atoms with Crippen LogP contribution < -0.4 is 14.8 Å². The molecule has 0 unspecified atom stereocenters. The molecule has 28 heavy (non-hydrogen) atoms. The molecule has 0 fully saturated rings. The molecule has 7 nitrogen and oxygen atoms in total. The molecule has 0 bridgehead atoms. The maximum Gasteiger partial charge on any atom is 0.306 e. The highest BCUT2D eigenvalue weighted by molar-refractivity contribution is 6.30. The van der Waals surface area contributed by atoms with Crippen molar-refractivity contribution in [3.05, 3.63) is 47.6 Å². The SMILES string of the molecule is CCOc1ccccc1OCCCC(=O)O[C@H](C)C(=O)Nc1ccc(Cl)cn1. The summed E-state index contributed by atoms with van der Waals surface area (Å²) >= 11 is 5.74. The van der Waals surface area contributed by atoms with Crippen molar-refractivity contribution in [2.75, 3.05) is 18.5 Å². The van der Waals surface area contributed by atoms with Crippen LogP contribution in [0.1, 0.15) is 26.7 Å². The van der Waals surface area contributed by atoms with Crippen molar-refractivity contribution in [1.29, 1.82) is 0 Å². The van der Waals surface area contributed by atoms with Crippen LogP contribution in [0.2, 0.25) is 5.02 Å². The lowest BCUT2D eigenvalue weighted by atomic mass is 10.3. The fourth-order valence-corrected chi connectivity index (χ4v) is 2.34. The Morgan fingerprint density at radius 1 is 1.14 bits per heavy atom. The topological polar surface area (TPSA) is 86.8 Å². The first kappa shape index (κ1) is 21.5. The third-order valence-corrected chi connectivity index (χ3v) is 3.81. The first-order valence-electron chi connectivity index (χ1n) is 8.96. The Morgan fingerprint density at radius 2 is 1.86 bits per heavy atom. The number of amides is 1. The van der Waals surface area contributed by atoms with E-state index in [4.69, 9.17) is 25.8 Å². The van der Waals surface area contributed by atoms with Gasteiger partial charge in [0, 0.05) is 12.6 Å². The van der Waals surface area contributed by atoms with Crippen molar-refractivity contribution in [3.63, 3.8) is 0 Å². The molecule has 0 spiro atoms. The van der Waals surface area contributed by atoms with E-state index in [1.165, 1.54) is 13.1 Å². The smallest absolute Gasteiger partial charge is 0.306 e. The van der Waals surface area contributed by atoms with Crippen LogP contribution in [0.15, 0.2) is 42.6 Å². The highest BCUT2D eigenvalue weighted by Gasteiger charge is 2.18. The number of aromatic nitrogens is 1. The van der Waals surface area contributed by atoms with Gasteiger partial charge in [-0.25, -0.2) is 4.98 Å². The van der Waals surface area contributed by atoms with E-state index in [0.29, 0.717) is 42.0 Å². The fourth-order valence-electron chi connectivity index (χ4n) is 2.23. The van der Waals surface area contributed by atoms with Gasteiger partial charge in [0.2, 0.25) is 0 Å². The predicted octanol–water partition coefficient (Wildman–Crippen LogP) is 3.86. The molecule has 1 atom stereocenters. The number of esters is 1. The van der Waals surface area contributed by atoms with Crippen molar-refractivity contribution in [2.24, 2.45) is 0 Å². The van der Waals surface area contributed by atoms with Crippen LogP contribution in [-0.2, 0) is 14.3 Å². The average molecular weight is 407 g/mol. The summed E-state index contributed by atoms with van der Waals surface area (Å²) in [7, 11) is 0. The van der Waals surface area contributed by atoms with Crippen molar-refractivity contribution in [1.82, 2.24) is 4.98 Å². The van der Waals surface area contributed by atoms with E-state index in [0.717, 1.165) is 0 Å². The number of carbonyl (C=O) groups is 2. The number of benzene rings is 1. The van der Waals surface area contributed by atoms with Gasteiger partial charge in [-0.15, -0.1) is 0 Å². The van der Waals surface area contributed by atoms with E-state index >= 15 is 0 Å². The molecule has 1 aromatic carbocycles. The molecule has 1 heterocycles. The summed E-state index contributed by atoms with van der Waals surface area (Å²) in [6.45, 7) is 4.26. The summed E-state index contributed by atoms with van der Waals surface area (Å²) in [5.41, 5.74) is 0. The van der Waals surface area contributed by atoms with Gasteiger partial charge in [-0.1, -0.05) is 23.7 Å². The zero-order valence-electron chi connectivity index (χ0n) is 15.8. The van der Waals surface area contributed by atoms with Gasteiger partial charge in [-0.3, -0.25) is 9.59 Å². The molecule has 0 aliphatic rings. The molecule has 8 heteroatoms. The molecular formula is C20H23ClN2O5. The Bertz CT molecular complexity index is 782. The predicted molar refractivity (Wildman–Crippen MR) is 106 cm³/mol. The minimum atomic E-state index is -0.940. The molecule has 1 N–H and O–H groups in total. The number of carbonyl (C=O) groups excluding carboxylic acids is 2. The van der Waals surface area contributed by atoms with Crippen LogP contribution in [0.3, 0.4) is 0 Å². The summed E-state index contributed by atoms with van der Waals surface area (Å²) in [6.07, 6.45) is 1.06. The van der Waals surface area contributed by atoms with Crippen LogP contribution in [-0.4, -0.2) is 36.2 Å². The number of halogens is 1. The largest absolute Gasteiger partial charge is 0.490 e. The standard InChI is InChI=1S/C20H23ClN2O5/c1-3-26-16-7-4-5-8-17(16)27-12-6-9-19(24)28-14(2)20(25)23-18-11-10-15(21)13-22-18/h4-5,7-8,10-11,13-14H,3,6,9,12H2,1-2H3,(H,22,23,25)/t14-/m1/s1. The highest BCUT2D eigenvalue weighted by Crippen LogP contribution is 2.26. The summed E-state index contributed by atoms with van der Waals surface area (Å²) in [6, 6.07) is 10.5. The van der Waals surface area contributed by atoms with Crippen molar-refractivity contribution in [3.8, 4) is 11.5 Å². The minimum absolute atomic E-state index is 0.133. The molecule has 0 saturated carbocycles. The molecule has 0 aliphatic carbocycles. The summed E-state index contributed by atoms with van der Waals surface area (Å²) < 4.78 is 16.3. The van der Waals surface area contributed by atoms with Crippen LogP contribution in [0.5, 0.6) is 11.5 Å². The lowest BCUT2D eigenvalue weighted by Crippen LogP contribution is -2.30. The average Bonchev–Trinajstić information content (AvgIpc) is 2.68. The van der Waals surface area contributed by atoms with Crippen LogP contribution in [0.25, 0.3) is 0 Å². The molecule has 0 aliphatic heterocycles. The molecule has 0 radical (unpaired) electrons. The number of hydrogen-bond donors (Lipinski definition) is 1. The number of nitrogens with zero attached hydrogens (tertiary/aromatic N) is 1. The van der Waals surface area contributed by atoms with Crippen LogP contribution in [0.4, 0.5) is 5.82 Å². The minimum Gasteiger partial charge on any atom is -0.490 e. The van der Waals surface area contributed by atoms with Crippen LogP contribution >= 0.6 is 11.6 Å². The second-order valence-electron chi connectivity index (χ2n) is 5.81. The van der Waals surface area contributed by atoms with Gasteiger partial charge in [-0.2, -0.15) is 0 Å². The first-order chi connectivity index (χ1) is 13.5. The highest BCUT2D eigenvalue weighted by atomic mass is 35.5. The van der Waals surface area contributed by atoms with Gasteiger partial charge in [0.05, 0.1) is 18.2 Å². The molecule has 0 saturated heterocycles. The Morgan fingerprint density at radius 3 is 2.50 bits per heavy atom. The lowest BCUT2D eigenvalue weighted by molar-refractivity contribution is -0.153. The van der Waals surface area contributed by atoms with Crippen LogP contribution in [0, 0.1) is 0 Å². The number of pyridine rings is 1. The normalized spacial score (nSPS) is 11.4.